The minimum Gasteiger partial charge on any atom is -0.378 e. The molecule has 0 atom stereocenters. The Balaban J connectivity index is 1.46. The average molecular weight is 457 g/mol. The zero-order chi connectivity index (χ0) is 22.3. The lowest BCUT2D eigenvalue weighted by Gasteiger charge is -2.27. The molecule has 2 N–H and O–H groups in total. The van der Waals surface area contributed by atoms with Gasteiger partial charge in [0.25, 0.3) is 0 Å². The molecule has 2 heterocycles. The number of aromatic nitrogens is 3. The van der Waals surface area contributed by atoms with Gasteiger partial charge in [-0.1, -0.05) is 36.0 Å². The molecule has 0 aliphatic carbocycles. The first-order valence-corrected chi connectivity index (χ1v) is 10.9. The molecule has 32 heavy (non-hydrogen) atoms. The number of morpholine rings is 1. The van der Waals surface area contributed by atoms with Gasteiger partial charge >= 0.3 is 6.03 Å². The fourth-order valence-corrected chi connectivity index (χ4v) is 3.89. The van der Waals surface area contributed by atoms with Crippen LogP contribution in [0.3, 0.4) is 0 Å². The largest absolute Gasteiger partial charge is 0.378 e. The molecular weight excluding hydrogens is 435 g/mol. The van der Waals surface area contributed by atoms with Crippen LogP contribution in [-0.2, 0) is 9.53 Å². The minimum atomic E-state index is -0.623. The number of urea groups is 1. The number of hydrogen-bond acceptors (Lipinski definition) is 7. The van der Waals surface area contributed by atoms with Gasteiger partial charge in [0.05, 0.1) is 24.7 Å². The Labute approximate surface area is 188 Å². The smallest absolute Gasteiger partial charge is 0.325 e. The lowest BCUT2D eigenvalue weighted by atomic mass is 10.3. The van der Waals surface area contributed by atoms with Crippen LogP contribution in [0.4, 0.5) is 20.8 Å². The number of halogens is 1. The summed E-state index contributed by atoms with van der Waals surface area (Å²) in [6.07, 6.45) is 0. The van der Waals surface area contributed by atoms with E-state index in [1.807, 2.05) is 11.0 Å². The number of carbonyl (C=O) groups is 2. The molecule has 0 radical (unpaired) electrons. The number of nitrogens with zero attached hydrogens (tertiary/aromatic N) is 4. The van der Waals surface area contributed by atoms with Gasteiger partial charge in [-0.25, -0.2) is 9.18 Å². The summed E-state index contributed by atoms with van der Waals surface area (Å²) >= 11 is 1.11. The zero-order valence-corrected chi connectivity index (χ0v) is 17.8. The molecule has 166 valence electrons. The van der Waals surface area contributed by atoms with E-state index in [2.05, 4.69) is 20.8 Å². The lowest BCUT2D eigenvalue weighted by molar-refractivity contribution is -0.117. The Bertz CT molecular complexity index is 1090. The van der Waals surface area contributed by atoms with Gasteiger partial charge in [0.1, 0.15) is 5.82 Å². The van der Waals surface area contributed by atoms with Crippen molar-refractivity contribution in [1.29, 1.82) is 0 Å². The molecule has 11 heteroatoms. The number of anilines is 2. The second-order valence-electron chi connectivity index (χ2n) is 6.85. The van der Waals surface area contributed by atoms with Crippen molar-refractivity contribution in [3.63, 3.8) is 0 Å². The molecular formula is C21H21FN6O3S. The number of para-hydroxylation sites is 1. The Morgan fingerprint density at radius 1 is 1.06 bits per heavy atom. The number of thioether (sulfide) groups is 1. The molecule has 2 aromatic carbocycles. The van der Waals surface area contributed by atoms with Crippen molar-refractivity contribution >= 4 is 35.3 Å². The first kappa shape index (κ1) is 21.8. The van der Waals surface area contributed by atoms with E-state index in [4.69, 9.17) is 4.74 Å². The van der Waals surface area contributed by atoms with E-state index in [0.717, 1.165) is 11.8 Å². The molecule has 3 amide bonds. The number of amides is 3. The second-order valence-corrected chi connectivity index (χ2v) is 7.80. The lowest BCUT2D eigenvalue weighted by Crippen LogP contribution is -2.38. The van der Waals surface area contributed by atoms with E-state index < -0.39 is 17.8 Å². The topological polar surface area (TPSA) is 101 Å². The quantitative estimate of drug-likeness (QED) is 0.550. The van der Waals surface area contributed by atoms with Crippen LogP contribution in [0.15, 0.2) is 59.8 Å². The second kappa shape index (κ2) is 10.2. The van der Waals surface area contributed by atoms with E-state index in [-0.39, 0.29) is 5.75 Å². The first-order chi connectivity index (χ1) is 15.6. The predicted octanol–water partition coefficient (Wildman–Crippen LogP) is 2.68. The molecule has 0 spiro atoms. The van der Waals surface area contributed by atoms with Crippen LogP contribution >= 0.6 is 11.8 Å². The molecule has 9 nitrogen and oxygen atoms in total. The van der Waals surface area contributed by atoms with Crippen LogP contribution in [0.1, 0.15) is 0 Å². The highest BCUT2D eigenvalue weighted by atomic mass is 32.2. The van der Waals surface area contributed by atoms with Crippen LogP contribution in [0, 0.1) is 5.82 Å². The molecule has 1 fully saturated rings. The van der Waals surface area contributed by atoms with Gasteiger partial charge in [-0.05, 0) is 30.3 Å². The Hall–Kier alpha value is -3.44. The summed E-state index contributed by atoms with van der Waals surface area (Å²) in [6, 6.07) is 14.3. The van der Waals surface area contributed by atoms with Crippen molar-refractivity contribution in [2.75, 3.05) is 42.3 Å². The van der Waals surface area contributed by atoms with Crippen molar-refractivity contribution in [1.82, 2.24) is 20.1 Å². The molecule has 1 saturated heterocycles. The maximum atomic E-state index is 13.9. The van der Waals surface area contributed by atoms with Crippen LogP contribution in [0.5, 0.6) is 0 Å². The van der Waals surface area contributed by atoms with E-state index in [1.54, 1.807) is 41.0 Å². The standard InChI is InChI=1S/C21H21FN6O3S/c22-15-5-4-8-17(13-15)28-20(27-9-11-31-12-10-27)25-26-21(28)32-14-18(29)24-19(30)23-16-6-2-1-3-7-16/h1-8,13H,9-12,14H2,(H2,23,24,29,30). The zero-order valence-electron chi connectivity index (χ0n) is 17.0. The van der Waals surface area contributed by atoms with Crippen molar-refractivity contribution in [2.45, 2.75) is 5.16 Å². The number of rotatable bonds is 6. The van der Waals surface area contributed by atoms with Gasteiger partial charge in [-0.15, -0.1) is 10.2 Å². The highest BCUT2D eigenvalue weighted by molar-refractivity contribution is 7.99. The van der Waals surface area contributed by atoms with Gasteiger partial charge in [-0.2, -0.15) is 0 Å². The molecule has 1 aliphatic rings. The molecule has 1 aromatic heterocycles. The summed E-state index contributed by atoms with van der Waals surface area (Å²) in [5, 5.41) is 13.8. The molecule has 0 bridgehead atoms. The Morgan fingerprint density at radius 3 is 2.59 bits per heavy atom. The third-order valence-electron chi connectivity index (χ3n) is 4.59. The number of carbonyl (C=O) groups excluding carboxylic acids is 2. The Morgan fingerprint density at radius 2 is 1.84 bits per heavy atom. The molecule has 4 rings (SSSR count). The Kier molecular flexibility index (Phi) is 6.97. The first-order valence-electron chi connectivity index (χ1n) is 9.93. The van der Waals surface area contributed by atoms with Crippen LogP contribution < -0.4 is 15.5 Å². The van der Waals surface area contributed by atoms with E-state index in [1.165, 1.54) is 12.1 Å². The van der Waals surface area contributed by atoms with E-state index in [9.17, 15) is 14.0 Å². The van der Waals surface area contributed by atoms with Gasteiger partial charge in [0.15, 0.2) is 5.16 Å². The summed E-state index contributed by atoms with van der Waals surface area (Å²) in [6.45, 7) is 2.35. The highest BCUT2D eigenvalue weighted by Crippen LogP contribution is 2.27. The summed E-state index contributed by atoms with van der Waals surface area (Å²) in [5.41, 5.74) is 1.12. The van der Waals surface area contributed by atoms with Crippen molar-refractivity contribution in [3.05, 3.63) is 60.4 Å². The molecule has 1 aliphatic heterocycles. The monoisotopic (exact) mass is 456 g/mol. The van der Waals surface area contributed by atoms with Crippen LogP contribution in [0.2, 0.25) is 0 Å². The SMILES string of the molecule is O=C(CSc1nnc(N2CCOCC2)n1-c1cccc(F)c1)NC(=O)Nc1ccccc1. The molecule has 0 unspecified atom stereocenters. The van der Waals surface area contributed by atoms with Gasteiger partial charge < -0.3 is 15.0 Å². The molecule has 3 aromatic rings. The van der Waals surface area contributed by atoms with E-state index >= 15 is 0 Å². The van der Waals surface area contributed by atoms with Crippen LogP contribution in [-0.4, -0.2) is 58.8 Å². The third-order valence-corrected chi connectivity index (χ3v) is 5.52. The van der Waals surface area contributed by atoms with Crippen LogP contribution in [0.25, 0.3) is 5.69 Å². The van der Waals surface area contributed by atoms with Gasteiger partial charge in [0.2, 0.25) is 11.9 Å². The fourth-order valence-electron chi connectivity index (χ4n) is 3.14. The highest BCUT2D eigenvalue weighted by Gasteiger charge is 2.22. The maximum Gasteiger partial charge on any atom is 0.325 e. The number of ether oxygens (including phenoxy) is 1. The third kappa shape index (κ3) is 5.42. The number of benzene rings is 2. The number of imide groups is 1. The number of nitrogens with one attached hydrogen (secondary N) is 2. The number of hydrogen-bond donors (Lipinski definition) is 2. The molecule has 0 saturated carbocycles. The fraction of sp³-hybridized carbons (Fsp3) is 0.238. The van der Waals surface area contributed by atoms with Crippen molar-refractivity contribution in [3.8, 4) is 5.69 Å². The summed E-state index contributed by atoms with van der Waals surface area (Å²) < 4.78 is 21.0. The normalized spacial score (nSPS) is 13.6. The average Bonchev–Trinajstić information content (AvgIpc) is 3.23. The summed E-state index contributed by atoms with van der Waals surface area (Å²) in [5.74, 6) is -0.414. The van der Waals surface area contributed by atoms with Gasteiger partial charge in [-0.3, -0.25) is 14.7 Å². The summed E-state index contributed by atoms with van der Waals surface area (Å²) in [7, 11) is 0. The summed E-state index contributed by atoms with van der Waals surface area (Å²) in [4.78, 5) is 26.3. The predicted molar refractivity (Wildman–Crippen MR) is 119 cm³/mol. The van der Waals surface area contributed by atoms with Crippen molar-refractivity contribution in [2.24, 2.45) is 0 Å². The maximum absolute atomic E-state index is 13.9. The van der Waals surface area contributed by atoms with E-state index in [0.29, 0.717) is 48.8 Å². The van der Waals surface area contributed by atoms with Crippen molar-refractivity contribution < 1.29 is 18.7 Å². The van der Waals surface area contributed by atoms with Gasteiger partial charge in [0, 0.05) is 18.8 Å². The minimum absolute atomic E-state index is 0.0707.